The van der Waals surface area contributed by atoms with E-state index in [4.69, 9.17) is 26.1 Å². The number of benzene rings is 1. The number of likely N-dealkylation sites (tertiary alicyclic amines) is 1. The van der Waals surface area contributed by atoms with Crippen molar-refractivity contribution in [3.05, 3.63) is 35.0 Å². The van der Waals surface area contributed by atoms with E-state index in [2.05, 4.69) is 30.8 Å². The molecule has 0 aliphatic carbocycles. The average molecular weight is 392 g/mol. The van der Waals surface area contributed by atoms with E-state index in [1.54, 1.807) is 4.68 Å². The molecule has 2 heterocycles. The lowest BCUT2D eigenvalue weighted by Crippen LogP contribution is -2.39. The lowest BCUT2D eigenvalue weighted by molar-refractivity contribution is 0.0773. The molecule has 3 rings (SSSR count). The van der Waals surface area contributed by atoms with Gasteiger partial charge in [-0.05, 0) is 44.1 Å². The molecule has 1 aromatic heterocycles. The van der Waals surface area contributed by atoms with Crippen molar-refractivity contribution >= 4 is 12.2 Å². The van der Waals surface area contributed by atoms with Gasteiger partial charge in [0, 0.05) is 18.5 Å². The Labute approximate surface area is 166 Å². The Balaban J connectivity index is 1.55. The van der Waals surface area contributed by atoms with E-state index >= 15 is 0 Å². The normalized spacial score (nSPS) is 16.4. The number of aromatic nitrogens is 2. The molecule has 2 aromatic rings. The summed E-state index contributed by atoms with van der Waals surface area (Å²) in [6.07, 6.45) is 2.11. The fraction of sp³-hybridized carbons (Fsp3) is 0.600. The van der Waals surface area contributed by atoms with Crippen LogP contribution >= 0.6 is 12.2 Å². The van der Waals surface area contributed by atoms with Crippen LogP contribution in [0.25, 0.3) is 0 Å². The molecule has 6 nitrogen and oxygen atoms in total. The molecule has 1 fully saturated rings. The summed E-state index contributed by atoms with van der Waals surface area (Å²) in [5, 5.41) is 4.55. The highest BCUT2D eigenvalue weighted by atomic mass is 32.1. The minimum absolute atomic E-state index is 0.145. The van der Waals surface area contributed by atoms with E-state index in [0.717, 1.165) is 37.4 Å². The minimum atomic E-state index is -0.145. The molecule has 0 N–H and O–H groups in total. The Morgan fingerprint density at radius 3 is 2.44 bits per heavy atom. The van der Waals surface area contributed by atoms with Gasteiger partial charge in [-0.15, -0.1) is 5.10 Å². The van der Waals surface area contributed by atoms with Crippen LogP contribution in [0.5, 0.6) is 11.5 Å². The van der Waals surface area contributed by atoms with Crippen LogP contribution < -0.4 is 9.47 Å². The maximum Gasteiger partial charge on any atom is 0.288 e. The Morgan fingerprint density at radius 1 is 1.19 bits per heavy atom. The first-order valence-electron chi connectivity index (χ1n) is 9.56. The molecule has 0 amide bonds. The molecule has 0 radical (unpaired) electrons. The second-order valence-corrected chi connectivity index (χ2v) is 8.23. The molecule has 27 heavy (non-hydrogen) atoms. The lowest BCUT2D eigenvalue weighted by atomic mass is 9.97. The van der Waals surface area contributed by atoms with Gasteiger partial charge in [-0.25, -0.2) is 4.68 Å². The molecule has 1 saturated heterocycles. The smallest absolute Gasteiger partial charge is 0.288 e. The van der Waals surface area contributed by atoms with Gasteiger partial charge in [-0.3, -0.25) is 4.90 Å². The van der Waals surface area contributed by atoms with Crippen molar-refractivity contribution < 1.29 is 13.9 Å². The lowest BCUT2D eigenvalue weighted by Gasteiger charge is -2.32. The predicted octanol–water partition coefficient (Wildman–Crippen LogP) is 4.40. The van der Waals surface area contributed by atoms with Crippen LogP contribution in [-0.2, 0) is 12.1 Å². The molecule has 1 aromatic carbocycles. The minimum Gasteiger partial charge on any atom is -0.490 e. The number of hydrogen-bond acceptors (Lipinski definition) is 6. The summed E-state index contributed by atoms with van der Waals surface area (Å²) in [5.41, 5.74) is -0.145. The molecule has 0 saturated carbocycles. The van der Waals surface area contributed by atoms with Crippen molar-refractivity contribution in [2.45, 2.75) is 58.7 Å². The zero-order valence-electron chi connectivity index (χ0n) is 16.6. The van der Waals surface area contributed by atoms with Crippen molar-refractivity contribution in [2.75, 3.05) is 19.7 Å². The molecule has 0 unspecified atom stereocenters. The van der Waals surface area contributed by atoms with Gasteiger partial charge >= 0.3 is 0 Å². The van der Waals surface area contributed by atoms with E-state index in [-0.39, 0.29) is 11.5 Å². The van der Waals surface area contributed by atoms with Crippen molar-refractivity contribution in [3.63, 3.8) is 0 Å². The van der Waals surface area contributed by atoms with Gasteiger partial charge in [0.25, 0.3) is 4.84 Å². The first kappa shape index (κ1) is 19.9. The van der Waals surface area contributed by atoms with Crippen LogP contribution in [0.3, 0.4) is 0 Å². The van der Waals surface area contributed by atoms with Gasteiger partial charge in [-0.1, -0.05) is 32.9 Å². The second-order valence-electron chi connectivity index (χ2n) is 7.88. The highest BCUT2D eigenvalue weighted by Crippen LogP contribution is 2.29. The van der Waals surface area contributed by atoms with E-state index in [9.17, 15) is 0 Å². The summed E-state index contributed by atoms with van der Waals surface area (Å²) in [6.45, 7) is 11.3. The van der Waals surface area contributed by atoms with Crippen LogP contribution in [0, 0.1) is 4.84 Å². The maximum atomic E-state index is 6.20. The Bertz CT molecular complexity index is 801. The molecule has 0 atom stereocenters. The van der Waals surface area contributed by atoms with E-state index < -0.39 is 0 Å². The molecule has 0 bridgehead atoms. The van der Waals surface area contributed by atoms with Crippen molar-refractivity contribution in [1.82, 2.24) is 14.7 Å². The summed E-state index contributed by atoms with van der Waals surface area (Å²) in [5.74, 6) is 2.32. The third kappa shape index (κ3) is 5.11. The van der Waals surface area contributed by atoms with Crippen LogP contribution in [0.4, 0.5) is 0 Å². The van der Waals surface area contributed by atoms with Crippen molar-refractivity contribution in [2.24, 2.45) is 0 Å². The number of ether oxygens (including phenoxy) is 2. The summed E-state index contributed by atoms with van der Waals surface area (Å²) >= 11 is 5.33. The number of piperidine rings is 1. The van der Waals surface area contributed by atoms with Crippen LogP contribution in [-0.4, -0.2) is 40.5 Å². The molecule has 7 heteroatoms. The Morgan fingerprint density at radius 2 is 1.85 bits per heavy atom. The summed E-state index contributed by atoms with van der Waals surface area (Å²) in [6, 6.07) is 7.87. The van der Waals surface area contributed by atoms with Gasteiger partial charge in [0.15, 0.2) is 11.5 Å². The Kier molecular flexibility index (Phi) is 6.22. The second kappa shape index (κ2) is 8.44. The summed E-state index contributed by atoms with van der Waals surface area (Å²) in [7, 11) is 0. The van der Waals surface area contributed by atoms with Gasteiger partial charge < -0.3 is 13.9 Å². The molecule has 0 spiro atoms. The maximum absolute atomic E-state index is 6.20. The van der Waals surface area contributed by atoms with Gasteiger partial charge in [-0.2, -0.15) is 0 Å². The highest BCUT2D eigenvalue weighted by Gasteiger charge is 2.25. The quantitative estimate of drug-likeness (QED) is 0.680. The molecular formula is C20H29N3O3S. The van der Waals surface area contributed by atoms with Crippen LogP contribution in [0.15, 0.2) is 28.7 Å². The first-order chi connectivity index (χ1) is 12.9. The average Bonchev–Trinajstić information content (AvgIpc) is 3.00. The van der Waals surface area contributed by atoms with Crippen molar-refractivity contribution in [3.8, 4) is 11.5 Å². The molecule has 148 valence electrons. The zero-order chi connectivity index (χ0) is 19.4. The van der Waals surface area contributed by atoms with Crippen molar-refractivity contribution in [1.29, 1.82) is 0 Å². The topological polar surface area (TPSA) is 52.7 Å². The zero-order valence-corrected chi connectivity index (χ0v) is 17.4. The number of para-hydroxylation sites is 2. The fourth-order valence-electron chi connectivity index (χ4n) is 3.06. The number of rotatable bonds is 6. The molecule has 1 aliphatic rings. The Hall–Kier alpha value is -1.86. The van der Waals surface area contributed by atoms with E-state index in [0.29, 0.717) is 24.0 Å². The third-order valence-corrected chi connectivity index (χ3v) is 4.85. The molecular weight excluding hydrogens is 362 g/mol. The largest absolute Gasteiger partial charge is 0.490 e. The fourth-order valence-corrected chi connectivity index (χ4v) is 3.24. The highest BCUT2D eigenvalue weighted by molar-refractivity contribution is 7.71. The summed E-state index contributed by atoms with van der Waals surface area (Å²) in [4.78, 5) is 2.77. The van der Waals surface area contributed by atoms with E-state index in [1.807, 2.05) is 31.2 Å². The first-order valence-corrected chi connectivity index (χ1v) is 9.97. The number of hydrogen-bond donors (Lipinski definition) is 0. The monoisotopic (exact) mass is 391 g/mol. The summed E-state index contributed by atoms with van der Waals surface area (Å²) < 4.78 is 19.3. The van der Waals surface area contributed by atoms with Crippen LogP contribution in [0.1, 0.15) is 46.4 Å². The van der Waals surface area contributed by atoms with Gasteiger partial charge in [0.1, 0.15) is 6.10 Å². The number of nitrogens with zero attached hydrogens (tertiary/aromatic N) is 3. The predicted molar refractivity (Wildman–Crippen MR) is 107 cm³/mol. The van der Waals surface area contributed by atoms with Gasteiger partial charge in [0.05, 0.1) is 13.3 Å². The van der Waals surface area contributed by atoms with Crippen LogP contribution in [0.2, 0.25) is 0 Å². The molecule has 1 aliphatic heterocycles. The standard InChI is InChI=1S/C20H29N3O3S/c1-5-24-16-8-6-7-9-17(16)25-15-10-12-22(13-11-15)14-23-19(27)26-18(21-23)20(2,3)4/h6-9,15H,5,10-14H2,1-4H3. The third-order valence-electron chi connectivity index (χ3n) is 4.56. The van der Waals surface area contributed by atoms with E-state index in [1.165, 1.54) is 0 Å². The SMILES string of the molecule is CCOc1ccccc1OC1CCN(Cn2nc(C(C)(C)C)oc2=S)CC1. The van der Waals surface area contributed by atoms with Gasteiger partial charge in [0.2, 0.25) is 5.89 Å².